The molecule has 0 aliphatic rings. The highest BCUT2D eigenvalue weighted by atomic mass is 32.2. The van der Waals surface area contributed by atoms with Crippen molar-refractivity contribution >= 4 is 15.7 Å². The molecule has 0 fully saturated rings. The molecule has 0 saturated carbocycles. The minimum absolute atomic E-state index is 0.120. The SMILES string of the molecule is CC(CS(C)(=O)=O)NC(=O)[C@@H](N)Cc1ccc(O)cc1. The van der Waals surface area contributed by atoms with E-state index in [2.05, 4.69) is 5.32 Å². The molecule has 1 aromatic rings. The Morgan fingerprint density at radius 2 is 1.90 bits per heavy atom. The smallest absolute Gasteiger partial charge is 0.237 e. The number of phenolic OH excluding ortho intramolecular Hbond substituents is 1. The average Bonchev–Trinajstić information content (AvgIpc) is 2.29. The molecule has 0 spiro atoms. The molecule has 0 heterocycles. The van der Waals surface area contributed by atoms with Crippen molar-refractivity contribution in [1.29, 1.82) is 0 Å². The fourth-order valence-corrected chi connectivity index (χ4v) is 2.82. The van der Waals surface area contributed by atoms with E-state index in [9.17, 15) is 13.2 Å². The van der Waals surface area contributed by atoms with Gasteiger partial charge in [-0.1, -0.05) is 12.1 Å². The zero-order valence-electron chi connectivity index (χ0n) is 11.5. The van der Waals surface area contributed by atoms with Crippen LogP contribution in [0.1, 0.15) is 12.5 Å². The van der Waals surface area contributed by atoms with Crippen molar-refractivity contribution in [3.63, 3.8) is 0 Å². The van der Waals surface area contributed by atoms with Crippen LogP contribution in [0.15, 0.2) is 24.3 Å². The zero-order valence-corrected chi connectivity index (χ0v) is 12.4. The monoisotopic (exact) mass is 300 g/mol. The summed E-state index contributed by atoms with van der Waals surface area (Å²) in [6.45, 7) is 1.62. The normalized spacial score (nSPS) is 14.6. The van der Waals surface area contributed by atoms with E-state index in [4.69, 9.17) is 10.8 Å². The summed E-state index contributed by atoms with van der Waals surface area (Å²) in [5.74, 6) is -0.368. The van der Waals surface area contributed by atoms with E-state index in [1.54, 1.807) is 19.1 Å². The van der Waals surface area contributed by atoms with Gasteiger partial charge in [-0.05, 0) is 31.0 Å². The number of carbonyl (C=O) groups is 1. The number of rotatable bonds is 6. The van der Waals surface area contributed by atoms with Crippen LogP contribution in [0.25, 0.3) is 0 Å². The average molecular weight is 300 g/mol. The second-order valence-corrected chi connectivity index (χ2v) is 7.16. The third-order valence-electron chi connectivity index (χ3n) is 2.67. The Morgan fingerprint density at radius 3 is 2.40 bits per heavy atom. The Bertz CT molecular complexity index is 554. The van der Waals surface area contributed by atoms with E-state index < -0.39 is 27.8 Å². The maximum absolute atomic E-state index is 11.8. The lowest BCUT2D eigenvalue weighted by Crippen LogP contribution is -2.47. The molecule has 6 nitrogen and oxygen atoms in total. The van der Waals surface area contributed by atoms with Crippen LogP contribution in [0.2, 0.25) is 0 Å². The van der Waals surface area contributed by atoms with Gasteiger partial charge in [0.05, 0.1) is 11.8 Å². The lowest BCUT2D eigenvalue weighted by molar-refractivity contribution is -0.122. The maximum Gasteiger partial charge on any atom is 0.237 e. The minimum atomic E-state index is -3.14. The topological polar surface area (TPSA) is 109 Å². The minimum Gasteiger partial charge on any atom is -0.508 e. The molecule has 1 amide bonds. The Morgan fingerprint density at radius 1 is 1.35 bits per heavy atom. The Balaban J connectivity index is 2.52. The molecule has 0 aliphatic carbocycles. The molecule has 2 atom stereocenters. The molecular weight excluding hydrogens is 280 g/mol. The summed E-state index contributed by atoms with van der Waals surface area (Å²) in [6, 6.07) is 5.16. The number of phenols is 1. The van der Waals surface area contributed by atoms with Crippen molar-refractivity contribution in [1.82, 2.24) is 5.32 Å². The standard InChI is InChI=1S/C13H20N2O4S/c1-9(8-20(2,18)19)15-13(17)12(14)7-10-3-5-11(16)6-4-10/h3-6,9,12,16H,7-8,14H2,1-2H3,(H,15,17)/t9?,12-/m0/s1. The molecule has 0 radical (unpaired) electrons. The van der Waals surface area contributed by atoms with E-state index >= 15 is 0 Å². The van der Waals surface area contributed by atoms with Gasteiger partial charge < -0.3 is 16.2 Å². The van der Waals surface area contributed by atoms with E-state index in [0.29, 0.717) is 6.42 Å². The van der Waals surface area contributed by atoms with Gasteiger partial charge in [0.1, 0.15) is 15.6 Å². The van der Waals surface area contributed by atoms with Gasteiger partial charge in [0.15, 0.2) is 0 Å². The molecule has 0 saturated heterocycles. The van der Waals surface area contributed by atoms with E-state index in [-0.39, 0.29) is 11.5 Å². The number of hydrogen-bond acceptors (Lipinski definition) is 5. The van der Waals surface area contributed by atoms with Crippen LogP contribution in [0.5, 0.6) is 5.75 Å². The Kier molecular flexibility index (Phi) is 5.52. The van der Waals surface area contributed by atoms with Crippen LogP contribution in [-0.4, -0.2) is 43.5 Å². The number of benzene rings is 1. The molecule has 0 bridgehead atoms. The number of sulfone groups is 1. The molecule has 1 unspecified atom stereocenters. The van der Waals surface area contributed by atoms with Gasteiger partial charge in [0.2, 0.25) is 5.91 Å². The molecule has 0 aromatic heterocycles. The first-order valence-electron chi connectivity index (χ1n) is 6.19. The summed E-state index contributed by atoms with van der Waals surface area (Å²) in [4.78, 5) is 11.8. The number of hydrogen-bond donors (Lipinski definition) is 3. The molecule has 4 N–H and O–H groups in total. The third kappa shape index (κ3) is 6.03. The van der Waals surface area contributed by atoms with E-state index in [0.717, 1.165) is 11.8 Å². The van der Waals surface area contributed by atoms with Crippen molar-refractivity contribution in [2.45, 2.75) is 25.4 Å². The van der Waals surface area contributed by atoms with Gasteiger partial charge in [-0.25, -0.2) is 8.42 Å². The number of amides is 1. The predicted molar refractivity (Wildman–Crippen MR) is 77.1 cm³/mol. The van der Waals surface area contributed by atoms with Gasteiger partial charge in [-0.3, -0.25) is 4.79 Å². The quantitative estimate of drug-likeness (QED) is 0.674. The van der Waals surface area contributed by atoms with Crippen LogP contribution >= 0.6 is 0 Å². The lowest BCUT2D eigenvalue weighted by Gasteiger charge is -2.17. The predicted octanol–water partition coefficient (Wildman–Crippen LogP) is -0.189. The molecule has 112 valence electrons. The summed E-state index contributed by atoms with van der Waals surface area (Å²) in [7, 11) is -3.14. The number of carbonyl (C=O) groups excluding carboxylic acids is 1. The zero-order chi connectivity index (χ0) is 15.3. The van der Waals surface area contributed by atoms with Gasteiger partial charge in [0, 0.05) is 12.3 Å². The van der Waals surface area contributed by atoms with Gasteiger partial charge >= 0.3 is 0 Å². The molecular formula is C13H20N2O4S. The summed E-state index contributed by atoms with van der Waals surface area (Å²) >= 11 is 0. The number of nitrogens with one attached hydrogen (secondary N) is 1. The highest BCUT2D eigenvalue weighted by molar-refractivity contribution is 7.90. The molecule has 7 heteroatoms. The van der Waals surface area contributed by atoms with Gasteiger partial charge in [0.25, 0.3) is 0 Å². The third-order valence-corrected chi connectivity index (χ3v) is 3.78. The van der Waals surface area contributed by atoms with Crippen LogP contribution in [0.4, 0.5) is 0 Å². The Hall–Kier alpha value is -1.60. The Labute approximate surface area is 118 Å². The first-order chi connectivity index (χ1) is 9.17. The largest absolute Gasteiger partial charge is 0.508 e. The first-order valence-corrected chi connectivity index (χ1v) is 8.25. The molecule has 1 aromatic carbocycles. The first kappa shape index (κ1) is 16.5. The fraction of sp³-hybridized carbons (Fsp3) is 0.462. The second kappa shape index (κ2) is 6.71. The van der Waals surface area contributed by atoms with Crippen molar-refractivity contribution in [3.8, 4) is 5.75 Å². The van der Waals surface area contributed by atoms with Crippen LogP contribution in [0, 0.1) is 0 Å². The summed E-state index contributed by atoms with van der Waals surface area (Å²) in [6.07, 6.45) is 1.43. The summed E-state index contributed by atoms with van der Waals surface area (Å²) in [5, 5.41) is 11.7. The van der Waals surface area contributed by atoms with E-state index in [1.807, 2.05) is 0 Å². The molecule has 0 aliphatic heterocycles. The van der Waals surface area contributed by atoms with Crippen LogP contribution in [0.3, 0.4) is 0 Å². The second-order valence-electron chi connectivity index (χ2n) is 4.98. The highest BCUT2D eigenvalue weighted by Gasteiger charge is 2.18. The van der Waals surface area contributed by atoms with Crippen molar-refractivity contribution in [2.24, 2.45) is 5.73 Å². The number of nitrogens with two attached hydrogens (primary N) is 1. The summed E-state index contributed by atoms with van der Waals surface area (Å²) in [5.41, 5.74) is 6.60. The number of aromatic hydroxyl groups is 1. The lowest BCUT2D eigenvalue weighted by atomic mass is 10.1. The summed E-state index contributed by atoms with van der Waals surface area (Å²) < 4.78 is 22.2. The fourth-order valence-electron chi connectivity index (χ4n) is 1.82. The molecule has 20 heavy (non-hydrogen) atoms. The van der Waals surface area contributed by atoms with Gasteiger partial charge in [-0.2, -0.15) is 0 Å². The van der Waals surface area contributed by atoms with Crippen LogP contribution < -0.4 is 11.1 Å². The molecule has 1 rings (SSSR count). The van der Waals surface area contributed by atoms with Crippen LogP contribution in [-0.2, 0) is 21.1 Å². The maximum atomic E-state index is 11.8. The van der Waals surface area contributed by atoms with E-state index in [1.165, 1.54) is 12.1 Å². The van der Waals surface area contributed by atoms with Crippen molar-refractivity contribution in [2.75, 3.05) is 12.0 Å². The van der Waals surface area contributed by atoms with Crippen molar-refractivity contribution in [3.05, 3.63) is 29.8 Å². The van der Waals surface area contributed by atoms with Crippen molar-refractivity contribution < 1.29 is 18.3 Å². The highest BCUT2D eigenvalue weighted by Crippen LogP contribution is 2.10. The van der Waals surface area contributed by atoms with Gasteiger partial charge in [-0.15, -0.1) is 0 Å².